The maximum absolute atomic E-state index is 12.6. The van der Waals surface area contributed by atoms with Crippen molar-refractivity contribution >= 4 is 51.5 Å². The lowest BCUT2D eigenvalue weighted by Gasteiger charge is -2.05. The highest BCUT2D eigenvalue weighted by atomic mass is 35.5. The number of benzene rings is 2. The highest BCUT2D eigenvalue weighted by molar-refractivity contribution is 8.01. The Bertz CT molecular complexity index is 943. The van der Waals surface area contributed by atoms with Crippen molar-refractivity contribution in [1.82, 2.24) is 10.3 Å². The number of carbonyl (C=O) groups is 2. The normalized spacial score (nSPS) is 10.4. The molecule has 1 heterocycles. The van der Waals surface area contributed by atoms with Crippen molar-refractivity contribution in [3.8, 4) is 11.3 Å². The number of anilines is 1. The summed E-state index contributed by atoms with van der Waals surface area (Å²) < 4.78 is 0.712. The summed E-state index contributed by atoms with van der Waals surface area (Å²) in [5.74, 6) is -0.0541. The van der Waals surface area contributed by atoms with Gasteiger partial charge in [0.05, 0.1) is 5.75 Å². The van der Waals surface area contributed by atoms with Gasteiger partial charge in [-0.05, 0) is 24.3 Å². The molecule has 0 saturated heterocycles. The van der Waals surface area contributed by atoms with Crippen LogP contribution in [0.25, 0.3) is 11.3 Å². The topological polar surface area (TPSA) is 71.1 Å². The van der Waals surface area contributed by atoms with E-state index in [4.69, 9.17) is 11.6 Å². The molecule has 1 aromatic heterocycles. The summed E-state index contributed by atoms with van der Waals surface area (Å²) in [6.45, 7) is 0. The summed E-state index contributed by atoms with van der Waals surface area (Å²) in [6, 6.07) is 16.3. The average molecular weight is 418 g/mol. The van der Waals surface area contributed by atoms with E-state index in [0.29, 0.717) is 25.6 Å². The van der Waals surface area contributed by atoms with Crippen molar-refractivity contribution in [1.29, 1.82) is 0 Å². The Morgan fingerprint density at radius 2 is 1.81 bits per heavy atom. The summed E-state index contributed by atoms with van der Waals surface area (Å²) in [7, 11) is 1.60. The second-order valence-electron chi connectivity index (χ2n) is 5.45. The first-order valence-corrected chi connectivity index (χ1v) is 10.2. The van der Waals surface area contributed by atoms with Crippen LogP contribution < -0.4 is 10.6 Å². The van der Waals surface area contributed by atoms with E-state index in [1.54, 1.807) is 31.3 Å². The maximum Gasteiger partial charge on any atom is 0.256 e. The SMILES string of the molecule is CNC(=O)CSc1nc(-c2ccccc2)c(NC(=O)c2ccc(Cl)cc2)s1. The van der Waals surface area contributed by atoms with Crippen LogP contribution in [0.1, 0.15) is 10.4 Å². The lowest BCUT2D eigenvalue weighted by Crippen LogP contribution is -2.19. The number of nitrogens with zero attached hydrogens (tertiary/aromatic N) is 1. The molecule has 2 amide bonds. The van der Waals surface area contributed by atoms with Crippen LogP contribution in [0, 0.1) is 0 Å². The first-order chi connectivity index (χ1) is 13.1. The number of thioether (sulfide) groups is 1. The fourth-order valence-electron chi connectivity index (χ4n) is 2.21. The Morgan fingerprint density at radius 1 is 1.11 bits per heavy atom. The monoisotopic (exact) mass is 417 g/mol. The molecule has 138 valence electrons. The number of halogens is 1. The van der Waals surface area contributed by atoms with E-state index in [9.17, 15) is 9.59 Å². The number of rotatable bonds is 6. The Kier molecular flexibility index (Phi) is 6.49. The fourth-order valence-corrected chi connectivity index (χ4v) is 4.27. The molecule has 2 N–H and O–H groups in total. The molecule has 0 aliphatic rings. The van der Waals surface area contributed by atoms with Crippen molar-refractivity contribution in [2.24, 2.45) is 0 Å². The van der Waals surface area contributed by atoms with Crippen LogP contribution in [0.2, 0.25) is 5.02 Å². The van der Waals surface area contributed by atoms with Crippen LogP contribution in [0.3, 0.4) is 0 Å². The maximum atomic E-state index is 12.6. The Balaban J connectivity index is 1.87. The number of amides is 2. The molecule has 0 saturated carbocycles. The molecule has 0 aliphatic carbocycles. The largest absolute Gasteiger partial charge is 0.358 e. The summed E-state index contributed by atoms with van der Waals surface area (Å²) in [5.41, 5.74) is 2.08. The third-order valence-corrected chi connectivity index (χ3v) is 5.96. The Morgan fingerprint density at radius 3 is 2.48 bits per heavy atom. The first-order valence-electron chi connectivity index (χ1n) is 8.03. The van der Waals surface area contributed by atoms with E-state index in [1.807, 2.05) is 30.3 Å². The number of aromatic nitrogens is 1. The van der Waals surface area contributed by atoms with E-state index in [1.165, 1.54) is 23.1 Å². The van der Waals surface area contributed by atoms with Gasteiger partial charge in [0.25, 0.3) is 5.91 Å². The Hall–Kier alpha value is -2.35. The molecule has 0 bridgehead atoms. The van der Waals surface area contributed by atoms with E-state index in [2.05, 4.69) is 15.6 Å². The Labute approximate surface area is 170 Å². The number of thiazole rings is 1. The number of carbonyl (C=O) groups excluding carboxylic acids is 2. The fraction of sp³-hybridized carbons (Fsp3) is 0.105. The van der Waals surface area contributed by atoms with Crippen LogP contribution >= 0.6 is 34.7 Å². The molecule has 2 aromatic carbocycles. The highest BCUT2D eigenvalue weighted by Crippen LogP contribution is 2.37. The van der Waals surface area contributed by atoms with Crippen molar-refractivity contribution in [3.63, 3.8) is 0 Å². The zero-order chi connectivity index (χ0) is 19.2. The molecule has 0 aliphatic heterocycles. The molecule has 3 aromatic rings. The van der Waals surface area contributed by atoms with Gasteiger partial charge in [0.2, 0.25) is 5.91 Å². The molecular formula is C19H16ClN3O2S2. The zero-order valence-electron chi connectivity index (χ0n) is 14.4. The molecule has 0 atom stereocenters. The molecule has 5 nitrogen and oxygen atoms in total. The summed E-state index contributed by atoms with van der Waals surface area (Å²) in [4.78, 5) is 28.7. The summed E-state index contributed by atoms with van der Waals surface area (Å²) in [5, 5.41) is 6.72. The van der Waals surface area contributed by atoms with Crippen LogP contribution in [-0.4, -0.2) is 29.6 Å². The molecule has 8 heteroatoms. The van der Waals surface area contributed by atoms with Crippen molar-refractivity contribution < 1.29 is 9.59 Å². The molecular weight excluding hydrogens is 402 g/mol. The lowest BCUT2D eigenvalue weighted by atomic mass is 10.1. The van der Waals surface area contributed by atoms with Gasteiger partial charge in [0.15, 0.2) is 4.34 Å². The molecule has 0 unspecified atom stereocenters. The van der Waals surface area contributed by atoms with Gasteiger partial charge in [0, 0.05) is 23.2 Å². The van der Waals surface area contributed by atoms with Crippen molar-refractivity contribution in [2.75, 3.05) is 18.1 Å². The van der Waals surface area contributed by atoms with E-state index < -0.39 is 0 Å². The predicted octanol–water partition coefficient (Wildman–Crippen LogP) is 4.55. The molecule has 3 rings (SSSR count). The second kappa shape index (κ2) is 9.03. The van der Waals surface area contributed by atoms with E-state index in [-0.39, 0.29) is 17.6 Å². The lowest BCUT2D eigenvalue weighted by molar-refractivity contribution is -0.118. The smallest absolute Gasteiger partial charge is 0.256 e. The standard InChI is InChI=1S/C19H16ClN3O2S2/c1-21-15(24)11-26-19-22-16(12-5-3-2-4-6-12)18(27-19)23-17(25)13-7-9-14(20)10-8-13/h2-10H,11H2,1H3,(H,21,24)(H,23,25). The van der Waals surface area contributed by atoms with Gasteiger partial charge in [0.1, 0.15) is 10.7 Å². The van der Waals surface area contributed by atoms with Crippen LogP contribution in [0.5, 0.6) is 0 Å². The predicted molar refractivity (Wildman–Crippen MR) is 112 cm³/mol. The van der Waals surface area contributed by atoms with Crippen molar-refractivity contribution in [2.45, 2.75) is 4.34 Å². The molecule has 0 fully saturated rings. The van der Waals surface area contributed by atoms with Crippen molar-refractivity contribution in [3.05, 3.63) is 65.2 Å². The third-order valence-electron chi connectivity index (χ3n) is 3.59. The van der Waals surface area contributed by atoms with Gasteiger partial charge in [-0.2, -0.15) is 0 Å². The van der Waals surface area contributed by atoms with Gasteiger partial charge >= 0.3 is 0 Å². The van der Waals surface area contributed by atoms with Crippen LogP contribution in [0.15, 0.2) is 58.9 Å². The highest BCUT2D eigenvalue weighted by Gasteiger charge is 2.17. The molecule has 27 heavy (non-hydrogen) atoms. The van der Waals surface area contributed by atoms with Crippen LogP contribution in [0.4, 0.5) is 5.00 Å². The van der Waals surface area contributed by atoms with E-state index in [0.717, 1.165) is 5.56 Å². The average Bonchev–Trinajstić information content (AvgIpc) is 3.10. The van der Waals surface area contributed by atoms with Gasteiger partial charge in [-0.1, -0.05) is 65.0 Å². The second-order valence-corrected chi connectivity index (χ2v) is 8.10. The third kappa shape index (κ3) is 5.09. The minimum Gasteiger partial charge on any atom is -0.358 e. The summed E-state index contributed by atoms with van der Waals surface area (Å²) in [6.07, 6.45) is 0. The number of nitrogens with one attached hydrogen (secondary N) is 2. The number of hydrogen-bond donors (Lipinski definition) is 2. The van der Waals surface area contributed by atoms with Crippen LogP contribution in [-0.2, 0) is 4.79 Å². The van der Waals surface area contributed by atoms with Gasteiger partial charge in [-0.25, -0.2) is 4.98 Å². The molecule has 0 radical (unpaired) electrons. The minimum atomic E-state index is -0.240. The quantitative estimate of drug-likeness (QED) is 0.577. The van der Waals surface area contributed by atoms with Gasteiger partial charge in [-0.15, -0.1) is 0 Å². The zero-order valence-corrected chi connectivity index (χ0v) is 16.8. The first kappa shape index (κ1) is 19.4. The van der Waals surface area contributed by atoms with Gasteiger partial charge < -0.3 is 10.6 Å². The van der Waals surface area contributed by atoms with Gasteiger partial charge in [-0.3, -0.25) is 9.59 Å². The van der Waals surface area contributed by atoms with E-state index >= 15 is 0 Å². The number of hydrogen-bond acceptors (Lipinski definition) is 5. The molecule has 0 spiro atoms. The summed E-state index contributed by atoms with van der Waals surface area (Å²) >= 11 is 8.56. The minimum absolute atomic E-state index is 0.0804.